The van der Waals surface area contributed by atoms with Gasteiger partial charge in [-0.15, -0.1) is 0 Å². The molecule has 0 aliphatic heterocycles. The molecule has 0 aliphatic rings. The molecule has 0 amide bonds. The summed E-state index contributed by atoms with van der Waals surface area (Å²) >= 11 is 1.54. The number of benzene rings is 1. The number of Topliss-reactive ketones (excluding diaryl/α,β-unsaturated/α-hetero) is 1. The average Bonchev–Trinajstić information content (AvgIpc) is 2.36. The first-order valence-corrected chi connectivity index (χ1v) is 6.60. The second-order valence-corrected chi connectivity index (χ2v) is 4.44. The van der Waals surface area contributed by atoms with E-state index in [9.17, 15) is 9.90 Å². The highest BCUT2D eigenvalue weighted by molar-refractivity contribution is 7.98. The van der Waals surface area contributed by atoms with Crippen LogP contribution in [-0.4, -0.2) is 47.3 Å². The van der Waals surface area contributed by atoms with E-state index >= 15 is 0 Å². The van der Waals surface area contributed by atoms with Crippen LogP contribution in [0.15, 0.2) is 24.3 Å². The molecule has 5 heteroatoms. The third kappa shape index (κ3) is 4.77. The van der Waals surface area contributed by atoms with Crippen LogP contribution in [-0.2, 0) is 0 Å². The molecule has 0 saturated carbocycles. The maximum Gasteiger partial charge on any atom is 0.188 e. The minimum absolute atomic E-state index is 0.192. The van der Waals surface area contributed by atoms with Crippen molar-refractivity contribution in [2.75, 3.05) is 25.2 Å². The number of ketones is 1. The Morgan fingerprint density at radius 3 is 2.94 bits per heavy atom. The van der Waals surface area contributed by atoms with Gasteiger partial charge in [-0.25, -0.2) is 0 Å². The van der Waals surface area contributed by atoms with Crippen LogP contribution in [0, 0.1) is 0 Å². The first-order valence-electron chi connectivity index (χ1n) is 5.21. The molecule has 4 nitrogen and oxygen atoms in total. The highest BCUT2D eigenvalue weighted by Gasteiger charge is 2.07. The van der Waals surface area contributed by atoms with Crippen LogP contribution in [0.1, 0.15) is 10.4 Å². The Kier molecular flexibility index (Phi) is 6.04. The molecule has 1 aromatic rings. The molecule has 17 heavy (non-hydrogen) atoms. The van der Waals surface area contributed by atoms with Crippen molar-refractivity contribution in [2.24, 2.45) is 0 Å². The fourth-order valence-electron chi connectivity index (χ4n) is 1.28. The monoisotopic (exact) mass is 256 g/mol. The normalized spacial score (nSPS) is 12.2. The van der Waals surface area contributed by atoms with Crippen LogP contribution in [0.3, 0.4) is 0 Å². The Morgan fingerprint density at radius 1 is 1.53 bits per heavy atom. The molecule has 0 bridgehead atoms. The Balaban J connectivity index is 2.57. The second-order valence-electron chi connectivity index (χ2n) is 3.53. The van der Waals surface area contributed by atoms with Gasteiger partial charge in [0.05, 0.1) is 6.10 Å². The quantitative estimate of drug-likeness (QED) is 0.711. The average molecular weight is 256 g/mol. The van der Waals surface area contributed by atoms with Gasteiger partial charge in [-0.3, -0.25) is 4.79 Å². The minimum atomic E-state index is -0.526. The fourth-order valence-corrected chi connectivity index (χ4v) is 1.76. The van der Waals surface area contributed by atoms with Gasteiger partial charge in [0.15, 0.2) is 5.78 Å². The lowest BCUT2D eigenvalue weighted by Gasteiger charge is -2.11. The smallest absolute Gasteiger partial charge is 0.188 e. The zero-order valence-corrected chi connectivity index (χ0v) is 10.4. The largest absolute Gasteiger partial charge is 0.491 e. The molecule has 0 aliphatic carbocycles. The molecule has 0 saturated heterocycles. The minimum Gasteiger partial charge on any atom is -0.491 e. The number of ether oxygens (including phenoxy) is 1. The van der Waals surface area contributed by atoms with Gasteiger partial charge in [0, 0.05) is 11.3 Å². The van der Waals surface area contributed by atoms with Gasteiger partial charge in [0.2, 0.25) is 0 Å². The lowest BCUT2D eigenvalue weighted by molar-refractivity contribution is 0.0903. The molecule has 0 heterocycles. The number of hydrogen-bond acceptors (Lipinski definition) is 5. The maximum atomic E-state index is 11.2. The molecule has 0 spiro atoms. The van der Waals surface area contributed by atoms with E-state index < -0.39 is 12.7 Å². The van der Waals surface area contributed by atoms with Crippen LogP contribution >= 0.6 is 11.8 Å². The summed E-state index contributed by atoms with van der Waals surface area (Å²) in [6, 6.07) is 6.56. The van der Waals surface area contributed by atoms with E-state index in [-0.39, 0.29) is 12.4 Å². The zero-order chi connectivity index (χ0) is 12.7. The van der Waals surface area contributed by atoms with Crippen LogP contribution in [0.25, 0.3) is 0 Å². The fraction of sp³-hybridized carbons (Fsp3) is 0.417. The number of aliphatic hydroxyl groups excluding tert-OH is 2. The summed E-state index contributed by atoms with van der Waals surface area (Å²) in [6.07, 6.45) is 1.38. The third-order valence-electron chi connectivity index (χ3n) is 2.10. The number of hydrogen-bond donors (Lipinski definition) is 2. The van der Waals surface area contributed by atoms with Crippen molar-refractivity contribution in [3.63, 3.8) is 0 Å². The first-order chi connectivity index (χ1) is 8.17. The highest BCUT2D eigenvalue weighted by Crippen LogP contribution is 2.14. The van der Waals surface area contributed by atoms with Crippen molar-refractivity contribution in [3.8, 4) is 5.75 Å². The van der Waals surface area contributed by atoms with E-state index in [0.717, 1.165) is 0 Å². The Labute approximate surface area is 105 Å². The Hall–Kier alpha value is -1.04. The lowest BCUT2D eigenvalue weighted by atomic mass is 10.1. The van der Waals surface area contributed by atoms with Crippen LogP contribution in [0.2, 0.25) is 0 Å². The summed E-state index contributed by atoms with van der Waals surface area (Å²) in [4.78, 5) is 11.2. The number of rotatable bonds is 7. The summed E-state index contributed by atoms with van der Waals surface area (Å²) in [5.74, 6) is 0.777. The van der Waals surface area contributed by atoms with E-state index in [1.807, 2.05) is 6.26 Å². The van der Waals surface area contributed by atoms with E-state index in [4.69, 9.17) is 9.84 Å². The van der Waals surface area contributed by atoms with Gasteiger partial charge < -0.3 is 14.9 Å². The molecule has 1 rings (SSSR count). The van der Waals surface area contributed by atoms with Crippen LogP contribution in [0.5, 0.6) is 5.75 Å². The Bertz CT molecular complexity index is 367. The van der Waals surface area contributed by atoms with Crippen molar-refractivity contribution in [2.45, 2.75) is 6.10 Å². The van der Waals surface area contributed by atoms with Crippen LogP contribution < -0.4 is 4.74 Å². The van der Waals surface area contributed by atoms with Gasteiger partial charge in [0.1, 0.15) is 19.0 Å². The maximum absolute atomic E-state index is 11.2. The molecular formula is C12H16O4S. The van der Waals surface area contributed by atoms with Crippen molar-refractivity contribution in [1.82, 2.24) is 0 Å². The van der Waals surface area contributed by atoms with Gasteiger partial charge >= 0.3 is 0 Å². The predicted octanol–water partition coefficient (Wildman–Crippen LogP) is 0.964. The Morgan fingerprint density at radius 2 is 2.29 bits per heavy atom. The van der Waals surface area contributed by atoms with Crippen molar-refractivity contribution >= 4 is 17.5 Å². The molecule has 0 aromatic heterocycles. The summed E-state index contributed by atoms with van der Waals surface area (Å²) in [7, 11) is 0. The molecule has 94 valence electrons. The van der Waals surface area contributed by atoms with Gasteiger partial charge in [-0.05, 0) is 18.4 Å². The number of carbonyl (C=O) groups is 1. The standard InChI is InChI=1S/C12H16O4S/c1-17-8-10(14)7-16-11-4-2-3-9(5-11)12(15)6-13/h2-5,10,13-14H,6-8H2,1H3. The highest BCUT2D eigenvalue weighted by atomic mass is 32.2. The summed E-state index contributed by atoms with van der Waals surface area (Å²) in [5, 5.41) is 18.2. The third-order valence-corrected chi connectivity index (χ3v) is 2.82. The van der Waals surface area contributed by atoms with Crippen molar-refractivity contribution in [3.05, 3.63) is 29.8 Å². The van der Waals surface area contributed by atoms with Gasteiger partial charge in [-0.2, -0.15) is 11.8 Å². The first kappa shape index (κ1) is 14.0. The number of thioether (sulfide) groups is 1. The molecule has 1 atom stereocenters. The van der Waals surface area contributed by atoms with Gasteiger partial charge in [0.25, 0.3) is 0 Å². The number of aliphatic hydroxyl groups is 2. The second kappa shape index (κ2) is 7.32. The molecule has 0 fully saturated rings. The molecular weight excluding hydrogens is 240 g/mol. The zero-order valence-electron chi connectivity index (χ0n) is 9.63. The lowest BCUT2D eigenvalue weighted by Crippen LogP contribution is -2.20. The van der Waals surface area contributed by atoms with Crippen molar-refractivity contribution < 1.29 is 19.7 Å². The predicted molar refractivity (Wildman–Crippen MR) is 67.7 cm³/mol. The van der Waals surface area contributed by atoms with Crippen molar-refractivity contribution in [1.29, 1.82) is 0 Å². The summed E-state index contributed by atoms with van der Waals surface area (Å²) < 4.78 is 5.36. The van der Waals surface area contributed by atoms with Crippen LogP contribution in [0.4, 0.5) is 0 Å². The summed E-state index contributed by atoms with van der Waals surface area (Å²) in [5.41, 5.74) is 0.407. The molecule has 1 unspecified atom stereocenters. The van der Waals surface area contributed by atoms with Gasteiger partial charge in [-0.1, -0.05) is 12.1 Å². The topological polar surface area (TPSA) is 66.8 Å². The molecule has 1 aromatic carbocycles. The van der Waals surface area contributed by atoms with E-state index in [2.05, 4.69) is 0 Å². The number of carbonyl (C=O) groups excluding carboxylic acids is 1. The van der Waals surface area contributed by atoms with E-state index in [1.165, 1.54) is 11.8 Å². The molecule has 0 radical (unpaired) electrons. The van der Waals surface area contributed by atoms with E-state index in [0.29, 0.717) is 17.1 Å². The molecule has 2 N–H and O–H groups in total. The SMILES string of the molecule is CSCC(O)COc1cccc(C(=O)CO)c1. The summed E-state index contributed by atoms with van der Waals surface area (Å²) in [6.45, 7) is -0.323. The van der Waals surface area contributed by atoms with E-state index in [1.54, 1.807) is 24.3 Å².